The molecule has 10 heteroatoms. The first-order valence-corrected chi connectivity index (χ1v) is 23.4. The van der Waals surface area contributed by atoms with Gasteiger partial charge in [-0.2, -0.15) is 0 Å². The molecule has 0 spiro atoms. The van der Waals surface area contributed by atoms with Crippen LogP contribution in [0.1, 0.15) is 206 Å². The fourth-order valence-corrected chi connectivity index (χ4v) is 7.09. The zero-order valence-corrected chi connectivity index (χ0v) is 36.3. The van der Waals surface area contributed by atoms with E-state index in [4.69, 9.17) is 18.9 Å². The maximum atomic E-state index is 12.8. The molecule has 1 aliphatic heterocycles. The van der Waals surface area contributed by atoms with Crippen molar-refractivity contribution in [3.8, 4) is 0 Å². The standard InChI is InChI=1S/C47H86O10/c1-3-5-7-9-11-13-15-17-19-20-21-22-24-25-27-29-31-33-35-42(49)54-38-40(39-55-47-46(53)45(52)44(51)41(37-48)57-47)56-43(50)36-34-32-30-28-26-23-18-16-14-12-10-8-6-4-2/h10,12,16,18,40-41,44-48,51-53H,3-9,11,13-15,17,19-39H2,1-2H3/b12-10-,18-16-. The van der Waals surface area contributed by atoms with Crippen LogP contribution in [0.15, 0.2) is 24.3 Å². The predicted octanol–water partition coefficient (Wildman–Crippen LogP) is 10.1. The zero-order valence-electron chi connectivity index (χ0n) is 36.3. The maximum absolute atomic E-state index is 12.8. The lowest BCUT2D eigenvalue weighted by Gasteiger charge is -2.39. The minimum atomic E-state index is -1.59. The molecule has 0 aliphatic carbocycles. The largest absolute Gasteiger partial charge is 0.462 e. The molecule has 0 saturated carbocycles. The first-order valence-electron chi connectivity index (χ1n) is 23.4. The van der Waals surface area contributed by atoms with E-state index >= 15 is 0 Å². The number of carbonyl (C=O) groups is 2. The summed E-state index contributed by atoms with van der Waals surface area (Å²) in [6.45, 7) is 3.39. The molecular weight excluding hydrogens is 725 g/mol. The highest BCUT2D eigenvalue weighted by molar-refractivity contribution is 5.70. The van der Waals surface area contributed by atoms with Crippen molar-refractivity contribution in [1.82, 2.24) is 0 Å². The number of hydrogen-bond acceptors (Lipinski definition) is 10. The van der Waals surface area contributed by atoms with Crippen LogP contribution in [0.4, 0.5) is 0 Å². The number of allylic oxidation sites excluding steroid dienone is 4. The van der Waals surface area contributed by atoms with E-state index in [-0.39, 0.29) is 32.0 Å². The van der Waals surface area contributed by atoms with E-state index in [0.717, 1.165) is 64.2 Å². The van der Waals surface area contributed by atoms with E-state index < -0.39 is 49.4 Å². The Balaban J connectivity index is 2.30. The summed E-state index contributed by atoms with van der Waals surface area (Å²) in [4.78, 5) is 25.3. The average Bonchev–Trinajstić information content (AvgIpc) is 3.21. The number of aliphatic hydroxyl groups excluding tert-OH is 4. The molecule has 0 aromatic carbocycles. The second kappa shape index (κ2) is 38.4. The van der Waals surface area contributed by atoms with Crippen molar-refractivity contribution in [2.45, 2.75) is 243 Å². The molecule has 1 rings (SSSR count). The smallest absolute Gasteiger partial charge is 0.306 e. The van der Waals surface area contributed by atoms with Gasteiger partial charge in [0.1, 0.15) is 31.0 Å². The van der Waals surface area contributed by atoms with E-state index in [1.54, 1.807) is 0 Å². The summed E-state index contributed by atoms with van der Waals surface area (Å²) in [5.74, 6) is -0.814. The molecule has 6 unspecified atom stereocenters. The molecule has 1 saturated heterocycles. The van der Waals surface area contributed by atoms with Gasteiger partial charge in [0, 0.05) is 12.8 Å². The highest BCUT2D eigenvalue weighted by atomic mass is 16.7. The molecule has 0 aromatic heterocycles. The lowest BCUT2D eigenvalue weighted by atomic mass is 9.99. The van der Waals surface area contributed by atoms with Gasteiger partial charge in [0.15, 0.2) is 12.4 Å². The summed E-state index contributed by atoms with van der Waals surface area (Å²) in [6, 6.07) is 0. The summed E-state index contributed by atoms with van der Waals surface area (Å²) in [5, 5.41) is 40.1. The highest BCUT2D eigenvalue weighted by Gasteiger charge is 2.44. The molecule has 57 heavy (non-hydrogen) atoms. The van der Waals surface area contributed by atoms with E-state index in [2.05, 4.69) is 38.2 Å². The van der Waals surface area contributed by atoms with Crippen molar-refractivity contribution in [2.24, 2.45) is 0 Å². The number of carbonyl (C=O) groups excluding carboxylic acids is 2. The van der Waals surface area contributed by atoms with E-state index in [1.165, 1.54) is 109 Å². The normalized spacial score (nSPS) is 20.4. The molecule has 0 amide bonds. The Kier molecular flexibility index (Phi) is 35.8. The van der Waals surface area contributed by atoms with Crippen molar-refractivity contribution in [2.75, 3.05) is 19.8 Å². The van der Waals surface area contributed by atoms with Crippen LogP contribution < -0.4 is 0 Å². The highest BCUT2D eigenvalue weighted by Crippen LogP contribution is 2.23. The second-order valence-electron chi connectivity index (χ2n) is 16.2. The van der Waals surface area contributed by atoms with Crippen LogP contribution in [0.2, 0.25) is 0 Å². The molecule has 334 valence electrons. The van der Waals surface area contributed by atoms with Gasteiger partial charge >= 0.3 is 11.9 Å². The van der Waals surface area contributed by atoms with E-state index in [1.807, 2.05) is 0 Å². The summed E-state index contributed by atoms with van der Waals surface area (Å²) < 4.78 is 22.2. The average molecular weight is 811 g/mol. The van der Waals surface area contributed by atoms with Gasteiger partial charge in [0.05, 0.1) is 13.2 Å². The molecule has 0 bridgehead atoms. The first kappa shape index (κ1) is 53.2. The number of unbranched alkanes of at least 4 members (excludes halogenated alkanes) is 24. The van der Waals surface area contributed by atoms with E-state index in [9.17, 15) is 30.0 Å². The third kappa shape index (κ3) is 30.0. The SMILES string of the molecule is CCCC/C=C\C/C=C\CCCCCCCC(=O)OC(COC(=O)CCCCCCCCCCCCCCCCCCCC)COC1OC(CO)C(O)C(O)C1O. The Morgan fingerprint density at radius 1 is 0.544 bits per heavy atom. The van der Waals surface area contributed by atoms with Gasteiger partial charge in [0.25, 0.3) is 0 Å². The Bertz CT molecular complexity index is 985. The fraction of sp³-hybridized carbons (Fsp3) is 0.872. The van der Waals surface area contributed by atoms with Gasteiger partial charge < -0.3 is 39.4 Å². The Morgan fingerprint density at radius 2 is 1.00 bits per heavy atom. The summed E-state index contributed by atoms with van der Waals surface area (Å²) in [5.41, 5.74) is 0. The Hall–Kier alpha value is -1.82. The van der Waals surface area contributed by atoms with Crippen molar-refractivity contribution < 1.29 is 49.0 Å². The summed E-state index contributed by atoms with van der Waals surface area (Å²) in [6.07, 6.45) is 34.7. The number of rotatable bonds is 39. The molecule has 1 heterocycles. The third-order valence-corrected chi connectivity index (χ3v) is 10.8. The monoisotopic (exact) mass is 811 g/mol. The van der Waals surface area contributed by atoms with Crippen molar-refractivity contribution in [1.29, 1.82) is 0 Å². The van der Waals surface area contributed by atoms with Crippen LogP contribution in [-0.2, 0) is 28.5 Å². The van der Waals surface area contributed by atoms with Gasteiger partial charge in [-0.1, -0.05) is 179 Å². The number of aliphatic hydroxyl groups is 4. The van der Waals surface area contributed by atoms with Crippen LogP contribution in [-0.4, -0.2) is 89.0 Å². The summed E-state index contributed by atoms with van der Waals surface area (Å²) >= 11 is 0. The predicted molar refractivity (Wildman–Crippen MR) is 229 cm³/mol. The van der Waals surface area contributed by atoms with Crippen LogP contribution in [0.5, 0.6) is 0 Å². The molecule has 10 nitrogen and oxygen atoms in total. The van der Waals surface area contributed by atoms with Gasteiger partial charge in [0.2, 0.25) is 0 Å². The molecule has 1 fully saturated rings. The molecule has 6 atom stereocenters. The molecular formula is C47H86O10. The fourth-order valence-electron chi connectivity index (χ4n) is 7.09. The lowest BCUT2D eigenvalue weighted by molar-refractivity contribution is -0.305. The quantitative estimate of drug-likeness (QED) is 0.0268. The van der Waals surface area contributed by atoms with Crippen molar-refractivity contribution in [3.63, 3.8) is 0 Å². The summed E-state index contributed by atoms with van der Waals surface area (Å²) in [7, 11) is 0. The van der Waals surface area contributed by atoms with Gasteiger partial charge in [-0.05, 0) is 38.5 Å². The van der Waals surface area contributed by atoms with Gasteiger partial charge in [-0.15, -0.1) is 0 Å². The van der Waals surface area contributed by atoms with Crippen LogP contribution in [0.25, 0.3) is 0 Å². The van der Waals surface area contributed by atoms with Crippen LogP contribution in [0, 0.1) is 0 Å². The zero-order chi connectivity index (χ0) is 41.6. The third-order valence-electron chi connectivity index (χ3n) is 10.8. The Labute approximate surface area is 347 Å². The number of ether oxygens (including phenoxy) is 4. The minimum Gasteiger partial charge on any atom is -0.462 e. The number of esters is 2. The maximum Gasteiger partial charge on any atom is 0.306 e. The minimum absolute atomic E-state index is 0.216. The molecule has 4 N–H and O–H groups in total. The van der Waals surface area contributed by atoms with Crippen molar-refractivity contribution >= 4 is 11.9 Å². The van der Waals surface area contributed by atoms with Gasteiger partial charge in [-0.25, -0.2) is 0 Å². The second-order valence-corrected chi connectivity index (χ2v) is 16.2. The molecule has 1 aliphatic rings. The van der Waals surface area contributed by atoms with Crippen molar-refractivity contribution in [3.05, 3.63) is 24.3 Å². The number of hydrogen-bond donors (Lipinski definition) is 4. The van der Waals surface area contributed by atoms with E-state index in [0.29, 0.717) is 6.42 Å². The molecule has 0 aromatic rings. The Morgan fingerprint density at radius 3 is 1.51 bits per heavy atom. The topological polar surface area (TPSA) is 152 Å². The lowest BCUT2D eigenvalue weighted by Crippen LogP contribution is -2.59. The van der Waals surface area contributed by atoms with Crippen LogP contribution >= 0.6 is 0 Å². The molecule has 0 radical (unpaired) electrons. The first-order chi connectivity index (χ1) is 27.8. The van der Waals surface area contributed by atoms with Crippen LogP contribution in [0.3, 0.4) is 0 Å². The van der Waals surface area contributed by atoms with Gasteiger partial charge in [-0.3, -0.25) is 9.59 Å².